The van der Waals surface area contributed by atoms with Crippen LogP contribution in [0.25, 0.3) is 16.8 Å². The maximum atomic E-state index is 12.3. The Bertz CT molecular complexity index is 1120. The molecule has 166 valence electrons. The summed E-state index contributed by atoms with van der Waals surface area (Å²) in [6.07, 6.45) is 0.366. The fourth-order valence-electron chi connectivity index (χ4n) is 4.20. The molecule has 1 saturated heterocycles. The first-order valence-corrected chi connectivity index (χ1v) is 10.8. The molecular weight excluding hydrogens is 416 g/mol. The van der Waals surface area contributed by atoms with E-state index in [9.17, 15) is 4.79 Å². The number of anilines is 1. The molecule has 3 heterocycles. The Morgan fingerprint density at radius 2 is 1.94 bits per heavy atom. The van der Waals surface area contributed by atoms with Gasteiger partial charge in [-0.1, -0.05) is 16.8 Å². The smallest absolute Gasteiger partial charge is 0.408 e. The van der Waals surface area contributed by atoms with E-state index in [-0.39, 0.29) is 0 Å². The normalized spacial score (nSPS) is 19.3. The highest BCUT2D eigenvalue weighted by atomic mass is 35.5. The molecule has 0 saturated carbocycles. The lowest BCUT2D eigenvalue weighted by Crippen LogP contribution is -2.49. The fourth-order valence-corrected chi connectivity index (χ4v) is 4.41. The van der Waals surface area contributed by atoms with Crippen LogP contribution >= 0.6 is 11.6 Å². The number of nitrogens with one attached hydrogen (secondary N) is 1. The van der Waals surface area contributed by atoms with Gasteiger partial charge in [-0.2, -0.15) is 0 Å². The fraction of sp³-hybridized carbons (Fsp3) is 0.478. The highest BCUT2D eigenvalue weighted by molar-refractivity contribution is 6.32. The number of halogens is 1. The zero-order valence-corrected chi connectivity index (χ0v) is 19.6. The molecule has 1 amide bonds. The minimum Gasteiger partial charge on any atom is -0.444 e. The first kappa shape index (κ1) is 21.6. The predicted octanol–water partition coefficient (Wildman–Crippen LogP) is 5.38. The third kappa shape index (κ3) is 4.24. The first-order chi connectivity index (χ1) is 14.5. The van der Waals surface area contributed by atoms with Crippen molar-refractivity contribution in [3.63, 3.8) is 0 Å². The van der Waals surface area contributed by atoms with Crippen molar-refractivity contribution >= 4 is 34.4 Å². The number of alkyl carbamates (subject to hydrolysis) is 1. The molecule has 1 N–H and O–H groups in total. The third-order valence-corrected chi connectivity index (χ3v) is 5.82. The number of rotatable bonds is 3. The van der Waals surface area contributed by atoms with E-state index < -0.39 is 17.2 Å². The van der Waals surface area contributed by atoms with Crippen LogP contribution in [0, 0.1) is 13.8 Å². The van der Waals surface area contributed by atoms with E-state index in [0.717, 1.165) is 41.2 Å². The summed E-state index contributed by atoms with van der Waals surface area (Å²) in [6, 6.07) is 7.89. The summed E-state index contributed by atoms with van der Waals surface area (Å²) in [5.41, 5.74) is 2.75. The summed E-state index contributed by atoms with van der Waals surface area (Å²) in [5.74, 6) is 0.729. The Labute approximate surface area is 187 Å². The van der Waals surface area contributed by atoms with Crippen LogP contribution in [-0.2, 0) is 4.74 Å². The highest BCUT2D eigenvalue weighted by Gasteiger charge is 2.37. The van der Waals surface area contributed by atoms with Crippen molar-refractivity contribution in [2.45, 2.75) is 59.1 Å². The monoisotopic (exact) mass is 444 g/mol. The molecule has 0 radical (unpaired) electrons. The first-order valence-electron chi connectivity index (χ1n) is 10.5. The van der Waals surface area contributed by atoms with E-state index >= 15 is 0 Å². The molecule has 1 atom stereocenters. The van der Waals surface area contributed by atoms with Gasteiger partial charge >= 0.3 is 6.09 Å². The Hall–Kier alpha value is -2.67. The number of hydrogen-bond acceptors (Lipinski definition) is 5. The summed E-state index contributed by atoms with van der Waals surface area (Å²) in [6.45, 7) is 13.0. The van der Waals surface area contributed by atoms with E-state index in [1.165, 1.54) is 0 Å². The minimum absolute atomic E-state index is 0.409. The van der Waals surface area contributed by atoms with Crippen LogP contribution in [0.15, 0.2) is 28.8 Å². The van der Waals surface area contributed by atoms with Crippen molar-refractivity contribution in [1.29, 1.82) is 0 Å². The Morgan fingerprint density at radius 3 is 2.58 bits per heavy atom. The molecule has 3 aromatic rings. The molecule has 1 unspecified atom stereocenters. The van der Waals surface area contributed by atoms with Gasteiger partial charge in [-0.15, -0.1) is 0 Å². The van der Waals surface area contributed by atoms with Gasteiger partial charge < -0.3 is 19.5 Å². The highest BCUT2D eigenvalue weighted by Crippen LogP contribution is 2.38. The maximum Gasteiger partial charge on any atom is 0.408 e. The predicted molar refractivity (Wildman–Crippen MR) is 122 cm³/mol. The summed E-state index contributed by atoms with van der Waals surface area (Å²) in [7, 11) is 0. The molecule has 4 rings (SSSR count). The molecule has 0 spiro atoms. The van der Waals surface area contributed by atoms with Crippen LogP contribution in [0.3, 0.4) is 0 Å². The topological polar surface area (TPSA) is 72.5 Å². The summed E-state index contributed by atoms with van der Waals surface area (Å²) in [4.78, 5) is 14.5. The summed E-state index contributed by atoms with van der Waals surface area (Å²) in [5, 5.41) is 8.87. The van der Waals surface area contributed by atoms with Crippen LogP contribution < -0.4 is 10.2 Å². The van der Waals surface area contributed by atoms with E-state index in [0.29, 0.717) is 17.2 Å². The Kier molecular flexibility index (Phi) is 5.20. The number of amides is 1. The molecule has 7 nitrogen and oxygen atoms in total. The van der Waals surface area contributed by atoms with Gasteiger partial charge in [0, 0.05) is 29.5 Å². The lowest BCUT2D eigenvalue weighted by molar-refractivity contribution is 0.0473. The third-order valence-electron chi connectivity index (χ3n) is 5.60. The standard InChI is InChI=1S/C23H29ClN4O3/c1-14-7-8-15(2)28(14)20-17-11-16(24)12-18(19(17)31-26-20)27-10-9-23(6,13-27)25-21(29)30-22(3,4)5/h7-8,11-12H,9-10,13H2,1-6H3,(H,25,29). The summed E-state index contributed by atoms with van der Waals surface area (Å²) >= 11 is 6.51. The second-order valence-corrected chi connectivity index (χ2v) is 10.1. The van der Waals surface area contributed by atoms with Crippen LogP contribution in [-0.4, -0.2) is 40.0 Å². The lowest BCUT2D eigenvalue weighted by atomic mass is 10.0. The van der Waals surface area contributed by atoms with Crippen molar-refractivity contribution < 1.29 is 14.1 Å². The number of aromatic nitrogens is 2. The van der Waals surface area contributed by atoms with Crippen LogP contribution in [0.4, 0.5) is 10.5 Å². The van der Waals surface area contributed by atoms with Crippen molar-refractivity contribution in [3.05, 3.63) is 40.7 Å². The number of carbonyl (C=O) groups is 1. The quantitative estimate of drug-likeness (QED) is 0.586. The van der Waals surface area contributed by atoms with Crippen molar-refractivity contribution in [2.24, 2.45) is 0 Å². The number of aryl methyl sites for hydroxylation is 2. The number of nitrogens with zero attached hydrogens (tertiary/aromatic N) is 3. The molecule has 31 heavy (non-hydrogen) atoms. The van der Waals surface area contributed by atoms with E-state index in [1.807, 2.05) is 53.7 Å². The second-order valence-electron chi connectivity index (χ2n) is 9.62. The molecule has 2 aromatic heterocycles. The van der Waals surface area contributed by atoms with Crippen LogP contribution in [0.1, 0.15) is 45.5 Å². The molecule has 8 heteroatoms. The molecule has 1 aliphatic heterocycles. The summed E-state index contributed by atoms with van der Waals surface area (Å²) < 4.78 is 13.3. The van der Waals surface area contributed by atoms with E-state index in [4.69, 9.17) is 20.9 Å². The van der Waals surface area contributed by atoms with Gasteiger partial charge in [-0.25, -0.2) is 4.79 Å². The van der Waals surface area contributed by atoms with E-state index in [2.05, 4.69) is 32.1 Å². The SMILES string of the molecule is Cc1ccc(C)n1-c1noc2c(N3CCC(C)(NC(=O)OC(C)(C)C)C3)cc(Cl)cc12. The Morgan fingerprint density at radius 1 is 1.26 bits per heavy atom. The van der Waals surface area contributed by atoms with Crippen molar-refractivity contribution in [3.8, 4) is 5.82 Å². The zero-order chi connectivity index (χ0) is 22.6. The molecule has 0 bridgehead atoms. The van der Waals surface area contributed by atoms with Crippen LogP contribution in [0.2, 0.25) is 5.02 Å². The number of benzene rings is 1. The number of carbonyl (C=O) groups excluding carboxylic acids is 1. The molecule has 1 aromatic carbocycles. The number of fused-ring (bicyclic) bond motifs is 1. The molecule has 0 aliphatic carbocycles. The number of hydrogen-bond donors (Lipinski definition) is 1. The average Bonchev–Trinajstić information content (AvgIpc) is 3.30. The largest absolute Gasteiger partial charge is 0.444 e. The van der Waals surface area contributed by atoms with Crippen molar-refractivity contribution in [1.82, 2.24) is 15.0 Å². The van der Waals surface area contributed by atoms with Gasteiger partial charge in [0.1, 0.15) is 5.60 Å². The number of ether oxygens (including phenoxy) is 1. The van der Waals surface area contributed by atoms with Gasteiger partial charge in [0.05, 0.1) is 16.6 Å². The second kappa shape index (κ2) is 7.48. The molecule has 1 aliphatic rings. The van der Waals surface area contributed by atoms with Gasteiger partial charge in [-0.3, -0.25) is 4.57 Å². The maximum absolute atomic E-state index is 12.3. The van der Waals surface area contributed by atoms with E-state index in [1.54, 1.807) is 0 Å². The van der Waals surface area contributed by atoms with Gasteiger partial charge in [0.2, 0.25) is 0 Å². The van der Waals surface area contributed by atoms with Gasteiger partial charge in [-0.05, 0) is 72.2 Å². The zero-order valence-electron chi connectivity index (χ0n) is 18.9. The minimum atomic E-state index is -0.539. The van der Waals surface area contributed by atoms with Crippen LogP contribution in [0.5, 0.6) is 0 Å². The van der Waals surface area contributed by atoms with Gasteiger partial charge in [0.15, 0.2) is 11.4 Å². The average molecular weight is 445 g/mol. The molecule has 1 fully saturated rings. The molecular formula is C23H29ClN4O3. The van der Waals surface area contributed by atoms with Gasteiger partial charge in [0.25, 0.3) is 0 Å². The van der Waals surface area contributed by atoms with Crippen molar-refractivity contribution in [2.75, 3.05) is 18.0 Å². The Balaban J connectivity index is 1.64. The lowest BCUT2D eigenvalue weighted by Gasteiger charge is -2.29.